The molecule has 4 fully saturated rings. The molecule has 15 nitrogen and oxygen atoms in total. The highest BCUT2D eigenvalue weighted by Crippen LogP contribution is 2.67. The largest absolute Gasteiger partial charge is 0.467 e. The predicted molar refractivity (Wildman–Crippen MR) is 208 cm³/mol. The molecule has 1 aromatic carbocycles. The van der Waals surface area contributed by atoms with Crippen molar-refractivity contribution in [1.29, 1.82) is 0 Å². The summed E-state index contributed by atoms with van der Waals surface area (Å²) in [6.45, 7) is 15.9. The van der Waals surface area contributed by atoms with Gasteiger partial charge in [-0.1, -0.05) is 45.5 Å². The number of hydrogen-bond acceptors (Lipinski definition) is 14. The van der Waals surface area contributed by atoms with Crippen LogP contribution in [0.1, 0.15) is 90.4 Å². The molecule has 2 aromatic rings. The van der Waals surface area contributed by atoms with Gasteiger partial charge in [-0.3, -0.25) is 4.79 Å². The molecule has 3 heterocycles. The molecule has 2 bridgehead atoms. The third-order valence-electron chi connectivity index (χ3n) is 13.2. The number of ether oxygens (including phenoxy) is 7. The fourth-order valence-corrected chi connectivity index (χ4v) is 10.3. The third kappa shape index (κ3) is 7.15. The van der Waals surface area contributed by atoms with Crippen molar-refractivity contribution in [3.05, 3.63) is 83.9 Å². The minimum absolute atomic E-state index is 0.0473. The number of carbonyl (C=O) groups is 4. The normalized spacial score (nSPS) is 35.7. The van der Waals surface area contributed by atoms with Gasteiger partial charge in [-0.2, -0.15) is 8.78 Å². The lowest BCUT2D eigenvalue weighted by atomic mass is 9.44. The molecule has 12 atom stereocenters. The molecule has 0 spiro atoms. The summed E-state index contributed by atoms with van der Waals surface area (Å²) in [5, 5.41) is 28.0. The van der Waals surface area contributed by atoms with Crippen LogP contribution in [0.4, 0.5) is 13.6 Å². The second-order valence-corrected chi connectivity index (χ2v) is 18.3. The van der Waals surface area contributed by atoms with Crippen LogP contribution in [-0.2, 0) is 42.7 Å². The van der Waals surface area contributed by atoms with E-state index in [1.54, 1.807) is 39.0 Å². The van der Waals surface area contributed by atoms with Gasteiger partial charge in [0.1, 0.15) is 41.4 Å². The van der Waals surface area contributed by atoms with Crippen molar-refractivity contribution in [3.63, 3.8) is 0 Å². The summed E-state index contributed by atoms with van der Waals surface area (Å²) in [5.41, 5.74) is -7.63. The van der Waals surface area contributed by atoms with Gasteiger partial charge in [0.25, 0.3) is 0 Å². The van der Waals surface area contributed by atoms with Crippen LogP contribution in [0.25, 0.3) is 0 Å². The van der Waals surface area contributed by atoms with Crippen molar-refractivity contribution >= 4 is 24.0 Å². The second-order valence-electron chi connectivity index (χ2n) is 18.3. The van der Waals surface area contributed by atoms with E-state index in [2.05, 4.69) is 6.58 Å². The number of nitrogens with one attached hydrogen (secondary N) is 1. The Bertz CT molecular complexity index is 2080. The Kier molecular flexibility index (Phi) is 11.1. The van der Waals surface area contributed by atoms with Gasteiger partial charge in [-0.05, 0) is 69.2 Å². The number of furan rings is 1. The first kappa shape index (κ1) is 44.4. The monoisotopic (exact) mass is 857 g/mol. The SMILES string of the molecule is C=CC1O[C@@H]2C3=C(C)[C@@H](OC(=O)C(F)(F)C(NC(=O)OC(C)(C)C)c4ccco4)C[C@@](O)([C@@H](OC(=O)c4ccccc4)[C@@H]4[C@]5(OC(C)=O)CO[C@@H]5C[C@H](O)[C@@]4(C)[C@@H]2O1)C3(C)C. The summed E-state index contributed by atoms with van der Waals surface area (Å²) in [6, 6.07) is 7.93. The maximum atomic E-state index is 16.6. The molecule has 2 aliphatic heterocycles. The molecule has 1 aromatic heterocycles. The summed E-state index contributed by atoms with van der Waals surface area (Å²) in [5.74, 6) is -10.1. The summed E-state index contributed by atoms with van der Waals surface area (Å²) in [4.78, 5) is 54.2. The number of benzene rings is 1. The number of esters is 3. The number of carbonyl (C=O) groups excluding carboxylic acids is 4. The lowest BCUT2D eigenvalue weighted by Gasteiger charge is -2.68. The Morgan fingerprint density at radius 1 is 1.03 bits per heavy atom. The molecule has 0 radical (unpaired) electrons. The first-order valence-electron chi connectivity index (χ1n) is 20.2. The summed E-state index contributed by atoms with van der Waals surface area (Å²) >= 11 is 0. The number of amides is 1. The van der Waals surface area contributed by atoms with Crippen molar-refractivity contribution in [3.8, 4) is 0 Å². The number of alkyl halides is 2. The van der Waals surface area contributed by atoms with Crippen LogP contribution in [0.2, 0.25) is 0 Å². The predicted octanol–water partition coefficient (Wildman–Crippen LogP) is 5.49. The smallest absolute Gasteiger partial charge is 0.408 e. The zero-order valence-corrected chi connectivity index (χ0v) is 35.3. The van der Waals surface area contributed by atoms with Crippen molar-refractivity contribution in [1.82, 2.24) is 5.32 Å². The van der Waals surface area contributed by atoms with E-state index in [0.29, 0.717) is 0 Å². The summed E-state index contributed by atoms with van der Waals surface area (Å²) < 4.78 is 81.1. The van der Waals surface area contributed by atoms with Gasteiger partial charge in [0.2, 0.25) is 0 Å². The number of aliphatic hydroxyl groups excluding tert-OH is 1. The first-order chi connectivity index (χ1) is 28.4. The molecule has 332 valence electrons. The number of fused-ring (bicyclic) bond motifs is 8. The molecular weight excluding hydrogens is 804 g/mol. The van der Waals surface area contributed by atoms with Crippen LogP contribution in [0, 0.1) is 16.7 Å². The van der Waals surface area contributed by atoms with Gasteiger partial charge in [0.15, 0.2) is 17.9 Å². The quantitative estimate of drug-likeness (QED) is 0.163. The topological polar surface area (TPSA) is 199 Å². The van der Waals surface area contributed by atoms with Crippen molar-refractivity contribution in [2.24, 2.45) is 16.7 Å². The lowest BCUT2D eigenvalue weighted by molar-refractivity contribution is -0.362. The zero-order valence-electron chi connectivity index (χ0n) is 35.3. The molecule has 61 heavy (non-hydrogen) atoms. The molecule has 2 saturated heterocycles. The van der Waals surface area contributed by atoms with Gasteiger partial charge in [0.05, 0.1) is 36.6 Å². The number of hydrogen-bond donors (Lipinski definition) is 3. The molecule has 2 unspecified atom stereocenters. The maximum Gasteiger partial charge on any atom is 0.408 e. The molecule has 2 saturated carbocycles. The minimum atomic E-state index is -4.51. The van der Waals surface area contributed by atoms with E-state index in [9.17, 15) is 29.4 Å². The van der Waals surface area contributed by atoms with Crippen molar-refractivity contribution in [2.45, 2.75) is 140 Å². The summed E-state index contributed by atoms with van der Waals surface area (Å²) in [7, 11) is 0. The highest BCUT2D eigenvalue weighted by Gasteiger charge is 2.79. The molecule has 7 rings (SSSR count). The lowest BCUT2D eigenvalue weighted by Crippen LogP contribution is -2.82. The van der Waals surface area contributed by atoms with Crippen LogP contribution in [0.5, 0.6) is 0 Å². The van der Waals surface area contributed by atoms with Gasteiger partial charge < -0.3 is 53.1 Å². The van der Waals surface area contributed by atoms with Crippen molar-refractivity contribution < 1.29 is 75.7 Å². The van der Waals surface area contributed by atoms with E-state index in [-0.39, 0.29) is 29.7 Å². The standard InChI is InChI=1S/C44H53F2NO14/c1-10-29-57-31-30-22(2)26(56-37(51)44(45,46)33(25-17-14-18-54-25)47-38(52)61-39(4,5)6)20-43(53,40(30,7)8)35(59-36(50)24-15-12-11-13-16-24)32-41(9,34(31)58-29)27(49)19-28-42(32,21-55-28)60-23(3)48/h10-18,26-29,31-35,49,53H,1,19-21H2,2-9H3,(H,47,52)/t26-,27-,28+,29?,31+,32-,33?,34+,35-,41+,42-,43+/m0/s1. The van der Waals surface area contributed by atoms with Crippen LogP contribution < -0.4 is 5.32 Å². The van der Waals surface area contributed by atoms with E-state index in [4.69, 9.17) is 37.6 Å². The number of rotatable bonds is 9. The van der Waals surface area contributed by atoms with E-state index >= 15 is 8.78 Å². The Morgan fingerprint density at radius 2 is 1.72 bits per heavy atom. The van der Waals surface area contributed by atoms with Crippen LogP contribution >= 0.6 is 0 Å². The number of alkyl carbamates (subject to hydrolysis) is 1. The van der Waals surface area contributed by atoms with Crippen LogP contribution in [-0.4, -0.2) is 106 Å². The van der Waals surface area contributed by atoms with E-state index in [1.807, 2.05) is 5.32 Å². The van der Waals surface area contributed by atoms with Crippen molar-refractivity contribution in [2.75, 3.05) is 6.61 Å². The minimum Gasteiger partial charge on any atom is -0.467 e. The molecular formula is C44H53F2NO14. The molecule has 3 N–H and O–H groups in total. The van der Waals surface area contributed by atoms with Gasteiger partial charge in [0, 0.05) is 30.6 Å². The highest BCUT2D eigenvalue weighted by atomic mass is 19.3. The Hall–Kier alpha value is -4.68. The van der Waals surface area contributed by atoms with Crippen LogP contribution in [0.15, 0.2) is 76.9 Å². The number of halogens is 2. The third-order valence-corrected chi connectivity index (χ3v) is 13.2. The van der Waals surface area contributed by atoms with E-state index < -0.39 is 125 Å². The Balaban J connectivity index is 1.40. The average molecular weight is 858 g/mol. The van der Waals surface area contributed by atoms with Gasteiger partial charge >= 0.3 is 29.9 Å². The summed E-state index contributed by atoms with van der Waals surface area (Å²) in [6.07, 6.45) is -8.58. The first-order valence-corrected chi connectivity index (χ1v) is 20.2. The second kappa shape index (κ2) is 15.3. The fourth-order valence-electron chi connectivity index (χ4n) is 10.3. The Morgan fingerprint density at radius 3 is 2.30 bits per heavy atom. The Labute approximate surface area is 351 Å². The fraction of sp³-hybridized carbons (Fsp3) is 0.591. The van der Waals surface area contributed by atoms with E-state index in [0.717, 1.165) is 12.3 Å². The highest BCUT2D eigenvalue weighted by molar-refractivity contribution is 5.89. The molecule has 3 aliphatic carbocycles. The van der Waals surface area contributed by atoms with E-state index in [1.165, 1.54) is 58.9 Å². The molecule has 17 heteroatoms. The van der Waals surface area contributed by atoms with Crippen LogP contribution in [0.3, 0.4) is 0 Å². The number of aliphatic hydroxyl groups is 2. The molecule has 5 aliphatic rings. The maximum absolute atomic E-state index is 16.6. The molecule has 1 amide bonds. The van der Waals surface area contributed by atoms with Gasteiger partial charge in [-0.25, -0.2) is 14.4 Å². The average Bonchev–Trinajstić information content (AvgIpc) is 3.86. The zero-order chi connectivity index (χ0) is 44.7. The van der Waals surface area contributed by atoms with Gasteiger partial charge in [-0.15, -0.1) is 0 Å².